The fourth-order valence-electron chi connectivity index (χ4n) is 3.12. The Morgan fingerprint density at radius 1 is 1.33 bits per heavy atom. The number of β-amino-alcohol motifs (C(OH)–C–C–N with tert-alkyl or cyclic N) is 1. The molecule has 0 radical (unpaired) electrons. The van der Waals surface area contributed by atoms with Gasteiger partial charge in [0.1, 0.15) is 5.82 Å². The molecule has 0 bridgehead atoms. The lowest BCUT2D eigenvalue weighted by molar-refractivity contribution is 0.125. The van der Waals surface area contributed by atoms with Crippen LogP contribution in [0.1, 0.15) is 35.4 Å². The number of imidazole rings is 1. The first kappa shape index (κ1) is 14.3. The van der Waals surface area contributed by atoms with E-state index >= 15 is 0 Å². The maximum absolute atomic E-state index is 10.4. The maximum Gasteiger partial charge on any atom is 0.112 e. The van der Waals surface area contributed by atoms with Gasteiger partial charge in [-0.15, -0.1) is 0 Å². The van der Waals surface area contributed by atoms with Crippen LogP contribution in [0, 0.1) is 6.92 Å². The zero-order valence-corrected chi connectivity index (χ0v) is 12.7. The van der Waals surface area contributed by atoms with Gasteiger partial charge in [-0.3, -0.25) is 4.90 Å². The van der Waals surface area contributed by atoms with Gasteiger partial charge in [-0.05, 0) is 25.5 Å². The molecule has 3 rings (SSSR count). The molecule has 1 fully saturated rings. The molecule has 1 aliphatic rings. The molecule has 2 unspecified atom stereocenters. The van der Waals surface area contributed by atoms with Crippen LogP contribution in [0.5, 0.6) is 0 Å². The summed E-state index contributed by atoms with van der Waals surface area (Å²) in [6, 6.07) is 8.15. The van der Waals surface area contributed by atoms with E-state index in [4.69, 9.17) is 0 Å². The average molecular weight is 285 g/mol. The normalized spacial score (nSPS) is 20.8. The van der Waals surface area contributed by atoms with Gasteiger partial charge in [-0.1, -0.05) is 29.8 Å². The van der Waals surface area contributed by atoms with Gasteiger partial charge in [-0.25, -0.2) is 4.98 Å². The minimum atomic E-state index is -0.411. The molecule has 2 atom stereocenters. The molecule has 2 heterocycles. The smallest absolute Gasteiger partial charge is 0.112 e. The highest BCUT2D eigenvalue weighted by molar-refractivity contribution is 5.23. The lowest BCUT2D eigenvalue weighted by atomic mass is 10.1. The van der Waals surface area contributed by atoms with Crippen molar-refractivity contribution in [3.8, 4) is 0 Å². The minimum Gasteiger partial charge on any atom is -0.387 e. The molecule has 4 heteroatoms. The lowest BCUT2D eigenvalue weighted by Crippen LogP contribution is -2.26. The van der Waals surface area contributed by atoms with Crippen molar-refractivity contribution in [1.29, 1.82) is 0 Å². The van der Waals surface area contributed by atoms with E-state index in [-0.39, 0.29) is 0 Å². The van der Waals surface area contributed by atoms with Crippen LogP contribution in [0.2, 0.25) is 0 Å². The van der Waals surface area contributed by atoms with E-state index in [1.807, 2.05) is 31.6 Å². The van der Waals surface area contributed by atoms with Crippen LogP contribution in [0.25, 0.3) is 0 Å². The Kier molecular flexibility index (Phi) is 4.08. The molecule has 1 aromatic heterocycles. The van der Waals surface area contributed by atoms with Gasteiger partial charge >= 0.3 is 0 Å². The van der Waals surface area contributed by atoms with Crippen molar-refractivity contribution in [2.24, 2.45) is 7.05 Å². The second-order valence-corrected chi connectivity index (χ2v) is 6.07. The summed E-state index contributed by atoms with van der Waals surface area (Å²) in [5.41, 5.74) is 2.23. The third-order valence-corrected chi connectivity index (χ3v) is 4.39. The minimum absolute atomic E-state index is 0.411. The highest BCUT2D eigenvalue weighted by Gasteiger charge is 2.27. The second-order valence-electron chi connectivity index (χ2n) is 6.07. The summed E-state index contributed by atoms with van der Waals surface area (Å²) in [5.74, 6) is 1.64. The summed E-state index contributed by atoms with van der Waals surface area (Å²) in [7, 11) is 2.05. The number of aryl methyl sites for hydroxylation is 2. The van der Waals surface area contributed by atoms with E-state index in [9.17, 15) is 5.11 Å². The summed E-state index contributed by atoms with van der Waals surface area (Å²) in [6.07, 6.45) is 4.56. The van der Waals surface area contributed by atoms with E-state index in [2.05, 4.69) is 33.5 Å². The summed E-state index contributed by atoms with van der Waals surface area (Å²) >= 11 is 0. The Hall–Kier alpha value is -1.65. The zero-order chi connectivity index (χ0) is 14.8. The number of aliphatic hydroxyl groups is 1. The molecule has 1 saturated heterocycles. The SMILES string of the molecule is Cc1ccc(C(O)CN2CCC(c3nccn3C)C2)cc1. The monoisotopic (exact) mass is 285 g/mol. The van der Waals surface area contributed by atoms with Gasteiger partial charge < -0.3 is 9.67 Å². The van der Waals surface area contributed by atoms with E-state index in [1.165, 1.54) is 5.56 Å². The zero-order valence-electron chi connectivity index (χ0n) is 12.7. The summed E-state index contributed by atoms with van der Waals surface area (Å²) in [6.45, 7) is 4.77. The van der Waals surface area contributed by atoms with Crippen LogP contribution in [0.4, 0.5) is 0 Å². The van der Waals surface area contributed by atoms with Gasteiger partial charge in [0.05, 0.1) is 6.10 Å². The molecule has 1 aliphatic heterocycles. The van der Waals surface area contributed by atoms with Gasteiger partial charge in [-0.2, -0.15) is 0 Å². The fraction of sp³-hybridized carbons (Fsp3) is 0.471. The molecular weight excluding hydrogens is 262 g/mol. The molecule has 0 amide bonds. The number of likely N-dealkylation sites (tertiary alicyclic amines) is 1. The molecule has 21 heavy (non-hydrogen) atoms. The molecule has 112 valence electrons. The highest BCUT2D eigenvalue weighted by Crippen LogP contribution is 2.27. The van der Waals surface area contributed by atoms with Crippen LogP contribution in [0.15, 0.2) is 36.7 Å². The number of hydrogen-bond acceptors (Lipinski definition) is 3. The average Bonchev–Trinajstić information content (AvgIpc) is 3.08. The van der Waals surface area contributed by atoms with Crippen LogP contribution in [0.3, 0.4) is 0 Å². The number of aromatic nitrogens is 2. The first-order valence-corrected chi connectivity index (χ1v) is 7.57. The van der Waals surface area contributed by atoms with Gasteiger partial charge in [0.15, 0.2) is 0 Å². The van der Waals surface area contributed by atoms with E-state index in [0.29, 0.717) is 12.5 Å². The largest absolute Gasteiger partial charge is 0.387 e. The molecule has 2 aromatic rings. The molecule has 1 N–H and O–H groups in total. The summed E-state index contributed by atoms with van der Waals surface area (Å²) in [5, 5.41) is 10.4. The van der Waals surface area contributed by atoms with Crippen molar-refractivity contribution in [3.63, 3.8) is 0 Å². The second kappa shape index (κ2) is 6.00. The highest BCUT2D eigenvalue weighted by atomic mass is 16.3. The fourth-order valence-corrected chi connectivity index (χ4v) is 3.12. The van der Waals surface area contributed by atoms with Crippen molar-refractivity contribution in [3.05, 3.63) is 53.6 Å². The van der Waals surface area contributed by atoms with Crippen LogP contribution in [-0.2, 0) is 7.05 Å². The van der Waals surface area contributed by atoms with Crippen LogP contribution in [-0.4, -0.2) is 39.2 Å². The van der Waals surface area contributed by atoms with E-state index in [0.717, 1.165) is 30.9 Å². The predicted molar refractivity (Wildman–Crippen MR) is 83.1 cm³/mol. The molecule has 1 aromatic carbocycles. The Morgan fingerprint density at radius 2 is 2.10 bits per heavy atom. The maximum atomic E-state index is 10.4. The van der Waals surface area contributed by atoms with Crippen LogP contribution < -0.4 is 0 Å². The molecular formula is C17H23N3O. The standard InChI is InChI=1S/C17H23N3O/c1-13-3-5-14(6-4-13)16(21)12-20-9-7-15(11-20)17-18-8-10-19(17)2/h3-6,8,10,15-16,21H,7,9,11-12H2,1-2H3. The molecule has 0 saturated carbocycles. The first-order valence-electron chi connectivity index (χ1n) is 7.57. The first-order chi connectivity index (χ1) is 10.1. The number of benzene rings is 1. The van der Waals surface area contributed by atoms with E-state index < -0.39 is 6.10 Å². The van der Waals surface area contributed by atoms with Gasteiger partial charge in [0, 0.05) is 38.4 Å². The van der Waals surface area contributed by atoms with Crippen molar-refractivity contribution in [2.75, 3.05) is 19.6 Å². The third-order valence-electron chi connectivity index (χ3n) is 4.39. The number of nitrogens with zero attached hydrogens (tertiary/aromatic N) is 3. The quantitative estimate of drug-likeness (QED) is 0.937. The Labute approximate surface area is 126 Å². The van der Waals surface area contributed by atoms with Crippen molar-refractivity contribution >= 4 is 0 Å². The van der Waals surface area contributed by atoms with Crippen LogP contribution >= 0.6 is 0 Å². The summed E-state index contributed by atoms with van der Waals surface area (Å²) < 4.78 is 2.10. The van der Waals surface area contributed by atoms with Crippen molar-refractivity contribution in [2.45, 2.75) is 25.4 Å². The Balaban J connectivity index is 1.59. The predicted octanol–water partition coefficient (Wildman–Crippen LogP) is 2.25. The molecule has 0 spiro atoms. The van der Waals surface area contributed by atoms with Gasteiger partial charge in [0.2, 0.25) is 0 Å². The van der Waals surface area contributed by atoms with Crippen molar-refractivity contribution < 1.29 is 5.11 Å². The number of aliphatic hydroxyl groups excluding tert-OH is 1. The third kappa shape index (κ3) is 3.17. The van der Waals surface area contributed by atoms with E-state index in [1.54, 1.807) is 0 Å². The molecule has 4 nitrogen and oxygen atoms in total. The lowest BCUT2D eigenvalue weighted by Gasteiger charge is -2.20. The Bertz CT molecular complexity index is 590. The number of hydrogen-bond donors (Lipinski definition) is 1. The number of rotatable bonds is 4. The topological polar surface area (TPSA) is 41.3 Å². The Morgan fingerprint density at radius 3 is 2.76 bits per heavy atom. The molecule has 0 aliphatic carbocycles. The summed E-state index contributed by atoms with van der Waals surface area (Å²) in [4.78, 5) is 6.79. The van der Waals surface area contributed by atoms with Gasteiger partial charge in [0.25, 0.3) is 0 Å². The van der Waals surface area contributed by atoms with Crippen molar-refractivity contribution in [1.82, 2.24) is 14.5 Å².